The van der Waals surface area contributed by atoms with E-state index in [1.54, 1.807) is 0 Å². The average molecular weight is 198 g/mol. The van der Waals surface area contributed by atoms with Crippen molar-refractivity contribution >= 4 is 6.29 Å². The molecule has 0 radical (unpaired) electrons. The number of carbonyl (C=O) groups excluding carboxylic acids is 1. The Morgan fingerprint density at radius 2 is 2.07 bits per heavy atom. The van der Waals surface area contributed by atoms with Crippen LogP contribution in [0.15, 0.2) is 11.6 Å². The molecule has 0 aliphatic rings. The van der Waals surface area contributed by atoms with Crippen molar-refractivity contribution in [3.05, 3.63) is 11.6 Å². The smallest absolute Gasteiger partial charge is 0.120 e. The van der Waals surface area contributed by atoms with Crippen LogP contribution >= 0.6 is 0 Å². The lowest BCUT2D eigenvalue weighted by Gasteiger charge is -2.20. The van der Waals surface area contributed by atoms with Crippen LogP contribution in [0, 0.1) is 0 Å². The van der Waals surface area contributed by atoms with Gasteiger partial charge in [0.15, 0.2) is 0 Å². The summed E-state index contributed by atoms with van der Waals surface area (Å²) in [4.78, 5) is 10.1. The maximum Gasteiger partial charge on any atom is 0.120 e. The van der Waals surface area contributed by atoms with Gasteiger partial charge in [-0.2, -0.15) is 0 Å². The lowest BCUT2D eigenvalue weighted by atomic mass is 9.96. The third kappa shape index (κ3) is 6.84. The lowest BCUT2D eigenvalue weighted by molar-refractivity contribution is -0.107. The van der Waals surface area contributed by atoms with Crippen LogP contribution in [0.3, 0.4) is 0 Å². The Kier molecular flexibility index (Phi) is 6.46. The van der Waals surface area contributed by atoms with Crippen molar-refractivity contribution in [1.29, 1.82) is 0 Å². The molecule has 0 amide bonds. The predicted molar refractivity (Wildman–Crippen MR) is 59.2 cm³/mol. The Hall–Kier alpha value is -0.630. The molecule has 0 aliphatic carbocycles. The van der Waals surface area contributed by atoms with Crippen molar-refractivity contribution in [2.45, 2.75) is 58.5 Å². The van der Waals surface area contributed by atoms with Crippen molar-refractivity contribution in [3.8, 4) is 0 Å². The molecule has 0 aromatic carbocycles. The fourth-order valence-corrected chi connectivity index (χ4v) is 1.19. The van der Waals surface area contributed by atoms with Crippen LogP contribution in [-0.2, 0) is 4.79 Å². The third-order valence-electron chi connectivity index (χ3n) is 2.59. The topological polar surface area (TPSA) is 37.3 Å². The second kappa shape index (κ2) is 6.77. The number of allylic oxidation sites excluding steroid dienone is 2. The normalized spacial score (nSPS) is 16.4. The van der Waals surface area contributed by atoms with E-state index in [0.717, 1.165) is 32.0 Å². The van der Waals surface area contributed by atoms with Gasteiger partial charge in [0.1, 0.15) is 6.29 Å². The molecular formula is C12H22O2. The zero-order valence-corrected chi connectivity index (χ0v) is 9.55. The van der Waals surface area contributed by atoms with E-state index < -0.39 is 5.60 Å². The Morgan fingerprint density at radius 3 is 2.57 bits per heavy atom. The van der Waals surface area contributed by atoms with E-state index in [1.807, 2.05) is 20.8 Å². The van der Waals surface area contributed by atoms with Gasteiger partial charge >= 0.3 is 0 Å². The minimum atomic E-state index is -0.540. The fourth-order valence-electron chi connectivity index (χ4n) is 1.19. The highest BCUT2D eigenvalue weighted by Gasteiger charge is 2.15. The molecule has 1 atom stereocenters. The summed E-state index contributed by atoms with van der Waals surface area (Å²) in [5.74, 6) is 0. The molecule has 14 heavy (non-hydrogen) atoms. The molecule has 2 nitrogen and oxygen atoms in total. The number of aliphatic hydroxyl groups is 1. The molecule has 0 bridgehead atoms. The first-order chi connectivity index (χ1) is 6.52. The van der Waals surface area contributed by atoms with E-state index in [4.69, 9.17) is 0 Å². The van der Waals surface area contributed by atoms with Gasteiger partial charge in [-0.1, -0.05) is 18.6 Å². The molecular weight excluding hydrogens is 176 g/mol. The zero-order valence-electron chi connectivity index (χ0n) is 9.55. The highest BCUT2D eigenvalue weighted by atomic mass is 16.3. The van der Waals surface area contributed by atoms with Crippen LogP contribution in [0.1, 0.15) is 52.9 Å². The summed E-state index contributed by atoms with van der Waals surface area (Å²) in [6.07, 6.45) is 6.99. The summed E-state index contributed by atoms with van der Waals surface area (Å²) < 4.78 is 0. The van der Waals surface area contributed by atoms with Gasteiger partial charge in [-0.3, -0.25) is 0 Å². The zero-order chi connectivity index (χ0) is 11.0. The Bertz CT molecular complexity index is 192. The molecule has 2 heteroatoms. The largest absolute Gasteiger partial charge is 0.390 e. The summed E-state index contributed by atoms with van der Waals surface area (Å²) in [6.45, 7) is 5.88. The van der Waals surface area contributed by atoms with Crippen LogP contribution in [0.5, 0.6) is 0 Å². The fraction of sp³-hybridized carbons (Fsp3) is 0.750. The molecule has 1 unspecified atom stereocenters. The molecule has 82 valence electrons. The number of rotatable bonds is 7. The maximum absolute atomic E-state index is 10.1. The van der Waals surface area contributed by atoms with Gasteiger partial charge in [0.05, 0.1) is 5.60 Å². The second-order valence-corrected chi connectivity index (χ2v) is 4.14. The minimum absolute atomic E-state index is 0.540. The number of carbonyl (C=O) groups is 1. The number of hydrogen-bond donors (Lipinski definition) is 1. The van der Waals surface area contributed by atoms with Gasteiger partial charge in [0.25, 0.3) is 0 Å². The van der Waals surface area contributed by atoms with Gasteiger partial charge in [0, 0.05) is 6.42 Å². The van der Waals surface area contributed by atoms with Gasteiger partial charge in [-0.05, 0) is 39.5 Å². The van der Waals surface area contributed by atoms with Crippen LogP contribution in [0.4, 0.5) is 0 Å². The molecule has 0 saturated carbocycles. The van der Waals surface area contributed by atoms with Gasteiger partial charge in [-0.15, -0.1) is 0 Å². The summed E-state index contributed by atoms with van der Waals surface area (Å²) in [6, 6.07) is 0. The van der Waals surface area contributed by atoms with Crippen LogP contribution in [-0.4, -0.2) is 17.0 Å². The second-order valence-electron chi connectivity index (χ2n) is 4.14. The highest BCUT2D eigenvalue weighted by molar-refractivity contribution is 5.49. The van der Waals surface area contributed by atoms with Crippen molar-refractivity contribution in [3.63, 3.8) is 0 Å². The predicted octanol–water partition coefficient (Wildman–Crippen LogP) is 2.85. The summed E-state index contributed by atoms with van der Waals surface area (Å²) >= 11 is 0. The Balaban J connectivity index is 3.75. The quantitative estimate of drug-likeness (QED) is 0.504. The molecule has 0 fully saturated rings. The first-order valence-electron chi connectivity index (χ1n) is 5.33. The van der Waals surface area contributed by atoms with Crippen LogP contribution in [0.2, 0.25) is 0 Å². The van der Waals surface area contributed by atoms with Crippen LogP contribution in [0.25, 0.3) is 0 Å². The maximum atomic E-state index is 10.1. The van der Waals surface area contributed by atoms with E-state index in [0.29, 0.717) is 6.42 Å². The van der Waals surface area contributed by atoms with Crippen LogP contribution < -0.4 is 0 Å². The molecule has 1 N–H and O–H groups in total. The molecule has 0 spiro atoms. The summed E-state index contributed by atoms with van der Waals surface area (Å²) in [7, 11) is 0. The molecule has 0 saturated heterocycles. The van der Waals surface area contributed by atoms with E-state index >= 15 is 0 Å². The minimum Gasteiger partial charge on any atom is -0.390 e. The lowest BCUT2D eigenvalue weighted by Crippen LogP contribution is -2.21. The van der Waals surface area contributed by atoms with Crippen molar-refractivity contribution in [2.24, 2.45) is 0 Å². The number of hydrogen-bond acceptors (Lipinski definition) is 2. The van der Waals surface area contributed by atoms with Crippen molar-refractivity contribution in [2.75, 3.05) is 0 Å². The van der Waals surface area contributed by atoms with E-state index in [9.17, 15) is 9.90 Å². The first-order valence-corrected chi connectivity index (χ1v) is 5.33. The van der Waals surface area contributed by atoms with E-state index in [-0.39, 0.29) is 0 Å². The van der Waals surface area contributed by atoms with Crippen molar-refractivity contribution in [1.82, 2.24) is 0 Å². The Labute approximate surface area is 87.0 Å². The average Bonchev–Trinajstić information content (AvgIpc) is 2.14. The monoisotopic (exact) mass is 198 g/mol. The Morgan fingerprint density at radius 1 is 1.43 bits per heavy atom. The van der Waals surface area contributed by atoms with Gasteiger partial charge < -0.3 is 9.90 Å². The standard InChI is InChI=1S/C12H22O2/c1-4-12(3,14)9-5-7-11(2)8-6-10-13/h7,10,14H,4-6,8-9H2,1-3H3/b11-7-. The molecule has 0 aromatic rings. The van der Waals surface area contributed by atoms with Gasteiger partial charge in [0.2, 0.25) is 0 Å². The van der Waals surface area contributed by atoms with Crippen molar-refractivity contribution < 1.29 is 9.90 Å². The molecule has 0 rings (SSSR count). The SMILES string of the molecule is CCC(C)(O)CC/C=C(/C)CCC=O. The third-order valence-corrected chi connectivity index (χ3v) is 2.59. The van der Waals surface area contributed by atoms with E-state index in [1.165, 1.54) is 5.57 Å². The summed E-state index contributed by atoms with van der Waals surface area (Å²) in [5.41, 5.74) is 0.700. The highest BCUT2D eigenvalue weighted by Crippen LogP contribution is 2.17. The number of aldehydes is 1. The molecule has 0 aliphatic heterocycles. The van der Waals surface area contributed by atoms with E-state index in [2.05, 4.69) is 6.08 Å². The molecule has 0 aromatic heterocycles. The molecule has 0 heterocycles. The summed E-state index contributed by atoms with van der Waals surface area (Å²) in [5, 5.41) is 9.73. The van der Waals surface area contributed by atoms with Gasteiger partial charge in [-0.25, -0.2) is 0 Å². The first kappa shape index (κ1) is 13.4.